The largest absolute Gasteiger partial charge is 0.497 e. The van der Waals surface area contributed by atoms with Gasteiger partial charge in [-0.05, 0) is 29.8 Å². The smallest absolute Gasteiger partial charge is 0.254 e. The Labute approximate surface area is 145 Å². The summed E-state index contributed by atoms with van der Waals surface area (Å²) in [5.41, 5.74) is 1.81. The molecule has 0 aliphatic carbocycles. The van der Waals surface area contributed by atoms with Gasteiger partial charge in [0.15, 0.2) is 5.96 Å². The maximum absolute atomic E-state index is 13.9. The molecule has 0 fully saturated rings. The van der Waals surface area contributed by atoms with Gasteiger partial charge in [0.05, 0.1) is 19.2 Å². The summed E-state index contributed by atoms with van der Waals surface area (Å²) >= 11 is 0. The molecule has 2 aromatic carbocycles. The second-order valence-electron chi connectivity index (χ2n) is 5.51. The van der Waals surface area contributed by atoms with E-state index in [1.807, 2.05) is 24.3 Å². The van der Waals surface area contributed by atoms with Gasteiger partial charge in [0.25, 0.3) is 5.91 Å². The van der Waals surface area contributed by atoms with E-state index in [-0.39, 0.29) is 5.56 Å². The minimum Gasteiger partial charge on any atom is -0.497 e. The number of methoxy groups -OCH3 is 1. The van der Waals surface area contributed by atoms with Gasteiger partial charge >= 0.3 is 0 Å². The third kappa shape index (κ3) is 4.26. The molecule has 25 heavy (non-hydrogen) atoms. The second-order valence-corrected chi connectivity index (χ2v) is 5.51. The average Bonchev–Trinajstić information content (AvgIpc) is 3.13. The molecular formula is C18H19FN4O2. The number of carbonyl (C=O) groups excluding carboxylic acids is 1. The van der Waals surface area contributed by atoms with Crippen LogP contribution in [0.5, 0.6) is 5.75 Å². The van der Waals surface area contributed by atoms with Crippen LogP contribution in [0, 0.1) is 5.82 Å². The van der Waals surface area contributed by atoms with Crippen LogP contribution in [-0.2, 0) is 6.54 Å². The van der Waals surface area contributed by atoms with E-state index in [0.29, 0.717) is 12.3 Å². The monoisotopic (exact) mass is 342 g/mol. The molecule has 0 saturated carbocycles. The maximum atomic E-state index is 13.9. The molecule has 1 aliphatic heterocycles. The van der Waals surface area contributed by atoms with Crippen molar-refractivity contribution in [3.05, 3.63) is 59.4 Å². The molecule has 0 saturated heterocycles. The predicted molar refractivity (Wildman–Crippen MR) is 94.5 cm³/mol. The van der Waals surface area contributed by atoms with Crippen molar-refractivity contribution >= 4 is 17.6 Å². The van der Waals surface area contributed by atoms with Crippen molar-refractivity contribution in [2.45, 2.75) is 6.54 Å². The summed E-state index contributed by atoms with van der Waals surface area (Å²) in [5, 5.41) is 9.01. The molecule has 0 radical (unpaired) electrons. The highest BCUT2D eigenvalue weighted by Crippen LogP contribution is 2.16. The number of hydrogen-bond acceptors (Lipinski definition) is 5. The first-order valence-electron chi connectivity index (χ1n) is 7.92. The van der Waals surface area contributed by atoms with E-state index >= 15 is 0 Å². The lowest BCUT2D eigenvalue weighted by Gasteiger charge is -2.09. The first-order chi connectivity index (χ1) is 12.2. The molecular weight excluding hydrogens is 323 g/mol. The van der Waals surface area contributed by atoms with Crippen molar-refractivity contribution < 1.29 is 13.9 Å². The molecule has 0 bridgehead atoms. The predicted octanol–water partition coefficient (Wildman–Crippen LogP) is 2.14. The van der Waals surface area contributed by atoms with Gasteiger partial charge in [-0.15, -0.1) is 0 Å². The lowest BCUT2D eigenvalue weighted by atomic mass is 10.1. The number of benzene rings is 2. The third-order valence-corrected chi connectivity index (χ3v) is 3.76. The fraction of sp³-hybridized carbons (Fsp3) is 0.222. The van der Waals surface area contributed by atoms with Crippen LogP contribution in [0.15, 0.2) is 47.5 Å². The van der Waals surface area contributed by atoms with E-state index in [2.05, 4.69) is 20.9 Å². The molecule has 0 unspecified atom stereocenters. The number of amides is 1. The summed E-state index contributed by atoms with van der Waals surface area (Å²) in [6.45, 7) is 1.92. The van der Waals surface area contributed by atoms with Crippen molar-refractivity contribution in [2.24, 2.45) is 4.99 Å². The fourth-order valence-corrected chi connectivity index (χ4v) is 2.41. The van der Waals surface area contributed by atoms with E-state index in [4.69, 9.17) is 4.74 Å². The minimum absolute atomic E-state index is 0.00981. The number of aliphatic imine (C=N–C) groups is 1. The van der Waals surface area contributed by atoms with Crippen molar-refractivity contribution in [1.29, 1.82) is 0 Å². The molecule has 130 valence electrons. The molecule has 3 rings (SSSR count). The molecule has 1 amide bonds. The summed E-state index contributed by atoms with van der Waals surface area (Å²) in [5.74, 6) is 0.0580. The lowest BCUT2D eigenvalue weighted by molar-refractivity contribution is 0.0947. The number of nitrogens with zero attached hydrogens (tertiary/aromatic N) is 1. The number of rotatable bonds is 5. The van der Waals surface area contributed by atoms with E-state index in [9.17, 15) is 9.18 Å². The summed E-state index contributed by atoms with van der Waals surface area (Å²) in [4.78, 5) is 16.4. The zero-order chi connectivity index (χ0) is 17.6. The van der Waals surface area contributed by atoms with Crippen molar-refractivity contribution in [2.75, 3.05) is 25.5 Å². The van der Waals surface area contributed by atoms with Crippen LogP contribution < -0.4 is 20.7 Å². The number of carbonyl (C=O) groups is 1. The zero-order valence-corrected chi connectivity index (χ0v) is 13.8. The van der Waals surface area contributed by atoms with Gasteiger partial charge < -0.3 is 20.7 Å². The molecule has 2 aromatic rings. The van der Waals surface area contributed by atoms with Crippen LogP contribution in [0.1, 0.15) is 15.9 Å². The van der Waals surface area contributed by atoms with Gasteiger partial charge in [0, 0.05) is 24.8 Å². The fourth-order valence-electron chi connectivity index (χ4n) is 2.41. The Morgan fingerprint density at radius 3 is 2.72 bits per heavy atom. The Morgan fingerprint density at radius 1 is 1.28 bits per heavy atom. The lowest BCUT2D eigenvalue weighted by Crippen LogP contribution is -2.26. The standard InChI is InChI=1S/C18H19FN4O2/c1-25-14-6-7-15(16(19)10-14)17(24)22-11-12-2-4-13(5-3-12)23-18-20-8-9-21-18/h2-7,10H,8-9,11H2,1H3,(H,22,24)(H2,20,21,23). The van der Waals surface area contributed by atoms with E-state index in [1.54, 1.807) is 6.07 Å². The van der Waals surface area contributed by atoms with Crippen LogP contribution in [0.3, 0.4) is 0 Å². The second kappa shape index (κ2) is 7.65. The highest BCUT2D eigenvalue weighted by Gasteiger charge is 2.12. The van der Waals surface area contributed by atoms with Crippen LogP contribution in [-0.4, -0.2) is 32.1 Å². The van der Waals surface area contributed by atoms with E-state index in [1.165, 1.54) is 19.2 Å². The summed E-state index contributed by atoms with van der Waals surface area (Å²) in [6.07, 6.45) is 0. The van der Waals surface area contributed by atoms with E-state index < -0.39 is 11.7 Å². The molecule has 0 aromatic heterocycles. The first kappa shape index (κ1) is 16.8. The molecule has 0 atom stereocenters. The molecule has 1 aliphatic rings. The quantitative estimate of drug-likeness (QED) is 0.778. The summed E-state index contributed by atoms with van der Waals surface area (Å²) in [7, 11) is 1.45. The zero-order valence-electron chi connectivity index (χ0n) is 13.8. The number of hydrogen-bond donors (Lipinski definition) is 3. The third-order valence-electron chi connectivity index (χ3n) is 3.76. The molecule has 0 spiro atoms. The van der Waals surface area contributed by atoms with Gasteiger partial charge in [0.1, 0.15) is 11.6 Å². The van der Waals surface area contributed by atoms with E-state index in [0.717, 1.165) is 30.3 Å². The number of guanidine groups is 1. The number of anilines is 1. The number of ether oxygens (including phenoxy) is 1. The first-order valence-corrected chi connectivity index (χ1v) is 7.92. The summed E-state index contributed by atoms with van der Waals surface area (Å²) < 4.78 is 18.8. The topological polar surface area (TPSA) is 74.8 Å². The van der Waals surface area contributed by atoms with Gasteiger partial charge in [-0.25, -0.2) is 4.39 Å². The normalized spacial score (nSPS) is 13.0. The number of halogens is 1. The summed E-state index contributed by atoms with van der Waals surface area (Å²) in [6, 6.07) is 11.7. The van der Waals surface area contributed by atoms with Crippen molar-refractivity contribution in [3.63, 3.8) is 0 Å². The van der Waals surface area contributed by atoms with Crippen LogP contribution in [0.4, 0.5) is 10.1 Å². The SMILES string of the molecule is COc1ccc(C(=O)NCc2ccc(NC3=NCCN3)cc2)c(F)c1. The molecule has 3 N–H and O–H groups in total. The van der Waals surface area contributed by atoms with Gasteiger partial charge in [0.2, 0.25) is 0 Å². The van der Waals surface area contributed by atoms with Gasteiger partial charge in [-0.2, -0.15) is 0 Å². The Kier molecular flexibility index (Phi) is 5.13. The maximum Gasteiger partial charge on any atom is 0.254 e. The van der Waals surface area contributed by atoms with Crippen LogP contribution >= 0.6 is 0 Å². The van der Waals surface area contributed by atoms with Gasteiger partial charge in [-0.3, -0.25) is 9.79 Å². The molecule has 1 heterocycles. The average molecular weight is 342 g/mol. The van der Waals surface area contributed by atoms with Crippen molar-refractivity contribution in [1.82, 2.24) is 10.6 Å². The van der Waals surface area contributed by atoms with Gasteiger partial charge in [-0.1, -0.05) is 12.1 Å². The Morgan fingerprint density at radius 2 is 2.08 bits per heavy atom. The Balaban J connectivity index is 1.56. The van der Waals surface area contributed by atoms with Crippen LogP contribution in [0.2, 0.25) is 0 Å². The highest BCUT2D eigenvalue weighted by molar-refractivity contribution is 5.95. The number of nitrogens with one attached hydrogen (secondary N) is 3. The van der Waals surface area contributed by atoms with Crippen molar-refractivity contribution in [3.8, 4) is 5.75 Å². The Bertz CT molecular complexity index is 790. The van der Waals surface area contributed by atoms with Crippen LogP contribution in [0.25, 0.3) is 0 Å². The highest BCUT2D eigenvalue weighted by atomic mass is 19.1. The Hall–Kier alpha value is -3.09. The molecule has 6 nitrogen and oxygen atoms in total. The minimum atomic E-state index is -0.610. The molecule has 7 heteroatoms.